The van der Waals surface area contributed by atoms with Crippen molar-refractivity contribution in [1.29, 1.82) is 0 Å². The largest absolute Gasteiger partial charge is 0.394 e. The normalized spacial score (nSPS) is 47.5. The molecule has 0 aromatic carbocycles. The van der Waals surface area contributed by atoms with Gasteiger partial charge in [-0.15, -0.1) is 0 Å². The summed E-state index contributed by atoms with van der Waals surface area (Å²) in [4.78, 5) is 0. The molecular weight excluding hydrogens is 164 g/mol. The van der Waals surface area contributed by atoms with Crippen LogP contribution in [0.25, 0.3) is 0 Å². The molecule has 0 radical (unpaired) electrons. The lowest BCUT2D eigenvalue weighted by atomic mass is 9.99. The zero-order valence-corrected chi connectivity index (χ0v) is 6.55. The van der Waals surface area contributed by atoms with Gasteiger partial charge in [0.2, 0.25) is 0 Å². The SMILES string of the molecule is OCC1OCC2OCOC1C2O. The Morgan fingerprint density at radius 1 is 1.25 bits per heavy atom. The van der Waals surface area contributed by atoms with Crippen LogP contribution in [0.1, 0.15) is 0 Å². The van der Waals surface area contributed by atoms with Gasteiger partial charge in [-0.2, -0.15) is 0 Å². The fourth-order valence-corrected chi connectivity index (χ4v) is 1.56. The molecule has 5 nitrogen and oxygen atoms in total. The van der Waals surface area contributed by atoms with Gasteiger partial charge in [-0.25, -0.2) is 0 Å². The second-order valence-electron chi connectivity index (χ2n) is 3.00. The number of aliphatic hydroxyl groups excluding tert-OH is 2. The smallest absolute Gasteiger partial charge is 0.147 e. The summed E-state index contributed by atoms with van der Waals surface area (Å²) in [7, 11) is 0. The number of rotatable bonds is 1. The van der Waals surface area contributed by atoms with E-state index in [4.69, 9.17) is 19.3 Å². The number of aliphatic hydroxyl groups is 2. The van der Waals surface area contributed by atoms with Gasteiger partial charge >= 0.3 is 0 Å². The van der Waals surface area contributed by atoms with E-state index in [1.165, 1.54) is 0 Å². The zero-order chi connectivity index (χ0) is 8.55. The monoisotopic (exact) mass is 176 g/mol. The van der Waals surface area contributed by atoms with Gasteiger partial charge in [0.05, 0.1) is 13.2 Å². The molecular formula is C7H12O5. The summed E-state index contributed by atoms with van der Waals surface area (Å²) in [6, 6.07) is 0. The van der Waals surface area contributed by atoms with Crippen molar-refractivity contribution in [2.45, 2.75) is 24.4 Å². The molecule has 2 saturated heterocycles. The van der Waals surface area contributed by atoms with Gasteiger partial charge in [-0.1, -0.05) is 0 Å². The van der Waals surface area contributed by atoms with Crippen molar-refractivity contribution in [2.75, 3.05) is 20.0 Å². The Morgan fingerprint density at radius 2 is 2.08 bits per heavy atom. The van der Waals surface area contributed by atoms with Crippen molar-refractivity contribution in [3.05, 3.63) is 0 Å². The maximum Gasteiger partial charge on any atom is 0.147 e. The van der Waals surface area contributed by atoms with E-state index in [9.17, 15) is 5.11 Å². The molecule has 0 aromatic heterocycles. The van der Waals surface area contributed by atoms with Crippen LogP contribution in [0.2, 0.25) is 0 Å². The highest BCUT2D eigenvalue weighted by molar-refractivity contribution is 4.90. The molecule has 2 bridgehead atoms. The first-order chi connectivity index (χ1) is 5.83. The van der Waals surface area contributed by atoms with Crippen molar-refractivity contribution in [3.8, 4) is 0 Å². The molecule has 12 heavy (non-hydrogen) atoms. The molecule has 0 aliphatic carbocycles. The predicted molar refractivity (Wildman–Crippen MR) is 37.4 cm³/mol. The van der Waals surface area contributed by atoms with Gasteiger partial charge in [0, 0.05) is 0 Å². The Hall–Kier alpha value is -0.200. The molecule has 0 saturated carbocycles. The van der Waals surface area contributed by atoms with E-state index in [-0.39, 0.29) is 19.5 Å². The van der Waals surface area contributed by atoms with Crippen molar-refractivity contribution < 1.29 is 24.4 Å². The summed E-state index contributed by atoms with van der Waals surface area (Å²) in [6.45, 7) is 0.368. The van der Waals surface area contributed by atoms with Crippen LogP contribution in [0.4, 0.5) is 0 Å². The molecule has 2 aliphatic rings. The Balaban J connectivity index is 2.06. The van der Waals surface area contributed by atoms with Gasteiger partial charge < -0.3 is 24.4 Å². The third-order valence-corrected chi connectivity index (χ3v) is 2.28. The molecule has 2 rings (SSSR count). The molecule has 4 unspecified atom stereocenters. The first-order valence-electron chi connectivity index (χ1n) is 3.96. The second-order valence-corrected chi connectivity index (χ2v) is 3.00. The summed E-state index contributed by atoms with van der Waals surface area (Å²) in [5, 5.41) is 18.4. The number of hydrogen-bond donors (Lipinski definition) is 2. The minimum atomic E-state index is -0.676. The molecule has 2 heterocycles. The van der Waals surface area contributed by atoms with Crippen LogP contribution in [0.15, 0.2) is 0 Å². The van der Waals surface area contributed by atoms with Crippen LogP contribution in [0.5, 0.6) is 0 Å². The molecule has 2 fully saturated rings. The third kappa shape index (κ3) is 1.23. The molecule has 2 aliphatic heterocycles. The number of fused-ring (bicyclic) bond motifs is 2. The molecule has 4 atom stereocenters. The van der Waals surface area contributed by atoms with Crippen LogP contribution in [0, 0.1) is 0 Å². The van der Waals surface area contributed by atoms with Crippen molar-refractivity contribution in [3.63, 3.8) is 0 Å². The predicted octanol–water partition coefficient (Wildman–Crippen LogP) is -1.52. The Kier molecular flexibility index (Phi) is 2.29. The van der Waals surface area contributed by atoms with Crippen molar-refractivity contribution in [2.24, 2.45) is 0 Å². The molecule has 0 amide bonds. The van der Waals surface area contributed by atoms with Gasteiger partial charge in [-0.05, 0) is 0 Å². The quantitative estimate of drug-likeness (QED) is 0.508. The third-order valence-electron chi connectivity index (χ3n) is 2.28. The van der Waals surface area contributed by atoms with Gasteiger partial charge in [-0.3, -0.25) is 0 Å². The first kappa shape index (κ1) is 8.40. The lowest BCUT2D eigenvalue weighted by Gasteiger charge is -2.42. The standard InChI is InChI=1S/C7H12O5/c8-1-4-7-6(9)5(2-10-4)11-3-12-7/h4-9H,1-3H2. The van der Waals surface area contributed by atoms with E-state index in [1.54, 1.807) is 0 Å². The summed E-state index contributed by atoms with van der Waals surface area (Å²) in [5.74, 6) is 0. The topological polar surface area (TPSA) is 68.2 Å². The summed E-state index contributed by atoms with van der Waals surface area (Å²) in [6.07, 6.45) is -1.83. The first-order valence-corrected chi connectivity index (χ1v) is 3.96. The lowest BCUT2D eigenvalue weighted by molar-refractivity contribution is -0.302. The summed E-state index contributed by atoms with van der Waals surface area (Å²) >= 11 is 0. The van der Waals surface area contributed by atoms with Crippen molar-refractivity contribution >= 4 is 0 Å². The van der Waals surface area contributed by atoms with Crippen molar-refractivity contribution in [1.82, 2.24) is 0 Å². The molecule has 0 aromatic rings. The van der Waals surface area contributed by atoms with Gasteiger partial charge in [0.1, 0.15) is 31.2 Å². The number of ether oxygens (including phenoxy) is 3. The average Bonchev–Trinajstić information content (AvgIpc) is 2.04. The molecule has 2 N–H and O–H groups in total. The van der Waals surface area contributed by atoms with E-state index in [0.717, 1.165) is 0 Å². The molecule has 70 valence electrons. The number of hydrogen-bond acceptors (Lipinski definition) is 5. The van der Waals surface area contributed by atoms with E-state index >= 15 is 0 Å². The Bertz CT molecular complexity index is 160. The van der Waals surface area contributed by atoms with Gasteiger partial charge in [0.25, 0.3) is 0 Å². The highest BCUT2D eigenvalue weighted by Gasteiger charge is 2.43. The van der Waals surface area contributed by atoms with E-state index in [0.29, 0.717) is 6.61 Å². The van der Waals surface area contributed by atoms with Crippen LogP contribution in [-0.2, 0) is 14.2 Å². The minimum Gasteiger partial charge on any atom is -0.394 e. The maximum absolute atomic E-state index is 9.55. The Morgan fingerprint density at radius 3 is 2.83 bits per heavy atom. The average molecular weight is 176 g/mol. The highest BCUT2D eigenvalue weighted by Crippen LogP contribution is 2.24. The molecule has 5 heteroatoms. The summed E-state index contributed by atoms with van der Waals surface area (Å²) in [5.41, 5.74) is 0. The lowest BCUT2D eigenvalue weighted by Crippen LogP contribution is -2.59. The van der Waals surface area contributed by atoms with Crippen LogP contribution >= 0.6 is 0 Å². The minimum absolute atomic E-state index is 0.131. The fraction of sp³-hybridized carbons (Fsp3) is 1.00. The van der Waals surface area contributed by atoms with Crippen LogP contribution < -0.4 is 0 Å². The zero-order valence-electron chi connectivity index (χ0n) is 6.55. The van der Waals surface area contributed by atoms with E-state index in [2.05, 4.69) is 0 Å². The molecule has 0 spiro atoms. The fourth-order valence-electron chi connectivity index (χ4n) is 1.56. The maximum atomic E-state index is 9.55. The Labute approximate surface area is 69.8 Å². The summed E-state index contributed by atoms with van der Waals surface area (Å²) < 4.78 is 15.4. The second kappa shape index (κ2) is 3.27. The van der Waals surface area contributed by atoms with Gasteiger partial charge in [0.15, 0.2) is 0 Å². The van der Waals surface area contributed by atoms with E-state index in [1.807, 2.05) is 0 Å². The van der Waals surface area contributed by atoms with E-state index < -0.39 is 18.3 Å². The van der Waals surface area contributed by atoms with Crippen LogP contribution in [0.3, 0.4) is 0 Å². The van der Waals surface area contributed by atoms with Crippen LogP contribution in [-0.4, -0.2) is 54.6 Å². The highest BCUT2D eigenvalue weighted by atomic mass is 16.7.